The Bertz CT molecular complexity index is 914. The first-order valence-corrected chi connectivity index (χ1v) is 8.44. The van der Waals surface area contributed by atoms with Gasteiger partial charge < -0.3 is 14.8 Å². The number of hydrogen-bond acceptors (Lipinski definition) is 5. The molecule has 1 aromatic carbocycles. The van der Waals surface area contributed by atoms with Gasteiger partial charge >= 0.3 is 24.3 Å². The van der Waals surface area contributed by atoms with Gasteiger partial charge in [-0.25, -0.2) is 9.59 Å². The minimum Gasteiger partial charge on any atom is -0.466 e. The van der Waals surface area contributed by atoms with Crippen molar-refractivity contribution in [3.8, 4) is 0 Å². The molecule has 0 aliphatic carbocycles. The van der Waals surface area contributed by atoms with Crippen molar-refractivity contribution in [2.75, 3.05) is 13.7 Å². The summed E-state index contributed by atoms with van der Waals surface area (Å²) < 4.78 is 87.3. The van der Waals surface area contributed by atoms with Crippen molar-refractivity contribution in [2.45, 2.75) is 32.1 Å². The molecule has 0 spiro atoms. The van der Waals surface area contributed by atoms with Gasteiger partial charge in [-0.1, -0.05) is 18.2 Å². The van der Waals surface area contributed by atoms with E-state index in [0.29, 0.717) is 0 Å². The highest BCUT2D eigenvalue weighted by Crippen LogP contribution is 2.44. The van der Waals surface area contributed by atoms with Crippen LogP contribution in [0.5, 0.6) is 0 Å². The van der Waals surface area contributed by atoms with E-state index in [1.165, 1.54) is 19.9 Å². The van der Waals surface area contributed by atoms with Crippen LogP contribution < -0.4 is 5.32 Å². The molecule has 1 aromatic rings. The second kappa shape index (κ2) is 8.41. The maximum atomic E-state index is 13.6. The second-order valence-corrected chi connectivity index (χ2v) is 6.40. The number of ether oxygens (including phenoxy) is 2. The monoisotopic (exact) mass is 437 g/mol. The second-order valence-electron chi connectivity index (χ2n) is 6.40. The van der Waals surface area contributed by atoms with Gasteiger partial charge in [-0.3, -0.25) is 0 Å². The highest BCUT2D eigenvalue weighted by atomic mass is 19.4. The van der Waals surface area contributed by atoms with E-state index in [-0.39, 0.29) is 17.0 Å². The molecule has 0 saturated carbocycles. The zero-order chi connectivity index (χ0) is 22.9. The molecular formula is C19H17F6NO4. The van der Waals surface area contributed by atoms with Crippen LogP contribution in [-0.2, 0) is 25.2 Å². The number of dihydropyridines is 1. The van der Waals surface area contributed by atoms with Crippen molar-refractivity contribution >= 4 is 11.9 Å². The van der Waals surface area contributed by atoms with E-state index < -0.39 is 53.5 Å². The molecule has 0 bridgehead atoms. The van der Waals surface area contributed by atoms with Crippen molar-refractivity contribution in [2.24, 2.45) is 0 Å². The molecule has 1 atom stereocenters. The Morgan fingerprint density at radius 2 is 1.50 bits per heavy atom. The van der Waals surface area contributed by atoms with E-state index in [9.17, 15) is 35.9 Å². The van der Waals surface area contributed by atoms with Crippen LogP contribution in [0.25, 0.3) is 0 Å². The summed E-state index contributed by atoms with van der Waals surface area (Å²) in [6.45, 7) is 0.716. The molecule has 1 aliphatic rings. The third-order valence-electron chi connectivity index (χ3n) is 4.33. The van der Waals surface area contributed by atoms with Gasteiger partial charge in [-0.15, -0.1) is 0 Å². The lowest BCUT2D eigenvalue weighted by Gasteiger charge is -2.31. The Hall–Kier alpha value is -2.98. The third kappa shape index (κ3) is 4.95. The number of esters is 2. The molecule has 30 heavy (non-hydrogen) atoms. The van der Waals surface area contributed by atoms with E-state index in [2.05, 4.69) is 14.8 Å². The molecule has 0 aromatic heterocycles. The van der Waals surface area contributed by atoms with Gasteiger partial charge in [-0.2, -0.15) is 26.3 Å². The minimum atomic E-state index is -4.86. The maximum Gasteiger partial charge on any atom is 0.422 e. The van der Waals surface area contributed by atoms with Gasteiger partial charge in [0.1, 0.15) is 0 Å². The summed E-state index contributed by atoms with van der Waals surface area (Å²) in [7, 11) is 0.988. The molecule has 1 heterocycles. The number of alkyl halides is 6. The molecule has 2 rings (SSSR count). The maximum absolute atomic E-state index is 13.6. The quantitative estimate of drug-likeness (QED) is 0.565. The number of nitrogens with one attached hydrogen (secondary N) is 1. The molecule has 0 saturated heterocycles. The summed E-state index contributed by atoms with van der Waals surface area (Å²) in [5, 5.41) is 2.63. The van der Waals surface area contributed by atoms with E-state index in [1.54, 1.807) is 0 Å². The predicted octanol–water partition coefficient (Wildman–Crippen LogP) is 4.22. The van der Waals surface area contributed by atoms with Crippen molar-refractivity contribution < 1.29 is 45.4 Å². The Morgan fingerprint density at radius 1 is 0.967 bits per heavy atom. The number of halogens is 6. The molecule has 1 N–H and O–H groups in total. The van der Waals surface area contributed by atoms with Gasteiger partial charge in [0.2, 0.25) is 0 Å². The predicted molar refractivity (Wildman–Crippen MR) is 91.8 cm³/mol. The normalized spacial score (nSPS) is 17.6. The average Bonchev–Trinajstić information content (AvgIpc) is 2.63. The molecular weight excluding hydrogens is 420 g/mol. The zero-order valence-electron chi connectivity index (χ0n) is 16.0. The van der Waals surface area contributed by atoms with E-state index >= 15 is 0 Å². The largest absolute Gasteiger partial charge is 0.466 e. The highest BCUT2D eigenvalue weighted by molar-refractivity contribution is 6.00. The van der Waals surface area contributed by atoms with Crippen molar-refractivity contribution in [3.05, 3.63) is 57.9 Å². The standard InChI is InChI=1S/C19H17F6NO4/c1-9-13(16(27)29-3)15(11-6-4-5-7-12(11)19(23,24)25)14(10(2)26-9)17(28)30-8-18(20,21)22/h4-7,15,26H,8H2,1-3H3. The molecule has 0 radical (unpaired) electrons. The molecule has 0 amide bonds. The number of allylic oxidation sites excluding steroid dienone is 2. The first-order chi connectivity index (χ1) is 13.8. The number of benzene rings is 1. The summed E-state index contributed by atoms with van der Waals surface area (Å²) in [5.41, 5.74) is -2.51. The van der Waals surface area contributed by atoms with Crippen LogP contribution in [0.15, 0.2) is 46.8 Å². The fourth-order valence-electron chi connectivity index (χ4n) is 3.19. The van der Waals surface area contributed by atoms with E-state index in [1.807, 2.05) is 0 Å². The van der Waals surface area contributed by atoms with Gasteiger partial charge in [0.05, 0.1) is 29.7 Å². The summed E-state index contributed by atoms with van der Waals surface area (Å²) in [6, 6.07) is 4.15. The summed E-state index contributed by atoms with van der Waals surface area (Å²) in [4.78, 5) is 24.8. The molecule has 1 aliphatic heterocycles. The topological polar surface area (TPSA) is 64.6 Å². The number of methoxy groups -OCH3 is 1. The summed E-state index contributed by atoms with van der Waals surface area (Å²) in [6.07, 6.45) is -9.70. The van der Waals surface area contributed by atoms with Crippen molar-refractivity contribution in [1.82, 2.24) is 5.32 Å². The molecule has 0 fully saturated rings. The van der Waals surface area contributed by atoms with Crippen LogP contribution in [0, 0.1) is 0 Å². The van der Waals surface area contributed by atoms with Crippen LogP contribution in [0.4, 0.5) is 26.3 Å². The Balaban J connectivity index is 2.71. The SMILES string of the molecule is COC(=O)C1=C(C)NC(C)=C(C(=O)OCC(F)(F)F)C1c1ccccc1C(F)(F)F. The lowest BCUT2D eigenvalue weighted by Crippen LogP contribution is -2.34. The highest BCUT2D eigenvalue weighted by Gasteiger charge is 2.43. The fraction of sp³-hybridized carbons (Fsp3) is 0.368. The Kier molecular flexibility index (Phi) is 6.53. The molecule has 164 valence electrons. The summed E-state index contributed by atoms with van der Waals surface area (Å²) >= 11 is 0. The average molecular weight is 437 g/mol. The summed E-state index contributed by atoms with van der Waals surface area (Å²) in [5.74, 6) is -4.21. The lowest BCUT2D eigenvalue weighted by molar-refractivity contribution is -0.183. The van der Waals surface area contributed by atoms with Gasteiger partial charge in [-0.05, 0) is 25.5 Å². The van der Waals surface area contributed by atoms with E-state index in [0.717, 1.165) is 25.3 Å². The van der Waals surface area contributed by atoms with Gasteiger partial charge in [0.15, 0.2) is 6.61 Å². The van der Waals surface area contributed by atoms with Crippen LogP contribution in [0.3, 0.4) is 0 Å². The minimum absolute atomic E-state index is 0.0469. The van der Waals surface area contributed by atoms with Crippen molar-refractivity contribution in [1.29, 1.82) is 0 Å². The zero-order valence-corrected chi connectivity index (χ0v) is 16.0. The first kappa shape index (κ1) is 23.3. The number of carbonyl (C=O) groups is 2. The lowest BCUT2D eigenvalue weighted by atomic mass is 9.78. The fourth-order valence-corrected chi connectivity index (χ4v) is 3.19. The molecule has 1 unspecified atom stereocenters. The Morgan fingerprint density at radius 3 is 2.00 bits per heavy atom. The van der Waals surface area contributed by atoms with Gasteiger partial charge in [0.25, 0.3) is 0 Å². The van der Waals surface area contributed by atoms with Crippen LogP contribution in [0.1, 0.15) is 30.9 Å². The molecule has 11 heteroatoms. The van der Waals surface area contributed by atoms with Crippen LogP contribution >= 0.6 is 0 Å². The van der Waals surface area contributed by atoms with E-state index in [4.69, 9.17) is 0 Å². The van der Waals surface area contributed by atoms with Crippen LogP contribution in [-0.4, -0.2) is 31.8 Å². The van der Waals surface area contributed by atoms with Gasteiger partial charge in [0, 0.05) is 11.4 Å². The third-order valence-corrected chi connectivity index (χ3v) is 4.33. The number of hydrogen-bond donors (Lipinski definition) is 1. The molecule has 5 nitrogen and oxygen atoms in total. The van der Waals surface area contributed by atoms with Crippen LogP contribution in [0.2, 0.25) is 0 Å². The number of carbonyl (C=O) groups excluding carboxylic acids is 2. The number of rotatable bonds is 4. The Labute approximate surface area is 167 Å². The first-order valence-electron chi connectivity index (χ1n) is 8.44. The smallest absolute Gasteiger partial charge is 0.422 e. The van der Waals surface area contributed by atoms with Crippen molar-refractivity contribution in [3.63, 3.8) is 0 Å².